The van der Waals surface area contributed by atoms with Crippen LogP contribution in [0.3, 0.4) is 0 Å². The fraction of sp³-hybridized carbons (Fsp3) is 0.167. The van der Waals surface area contributed by atoms with E-state index in [2.05, 4.69) is 109 Å². The molecule has 0 radical (unpaired) electrons. The van der Waals surface area contributed by atoms with Crippen molar-refractivity contribution < 1.29 is 0 Å². The molecule has 1 aliphatic carbocycles. The second-order valence-electron chi connectivity index (χ2n) is 10.7. The van der Waals surface area contributed by atoms with Gasteiger partial charge in [-0.2, -0.15) is 10.4 Å². The van der Waals surface area contributed by atoms with E-state index in [0.29, 0.717) is 0 Å². The topological polar surface area (TPSA) is 67.4 Å². The number of hydrogen-bond donors (Lipinski definition) is 0. The number of aromatic nitrogens is 4. The monoisotopic (exact) mass is 531 g/mol. The third-order valence-corrected chi connectivity index (χ3v) is 8.42. The maximum absolute atomic E-state index is 9.85. The molecule has 1 aliphatic rings. The van der Waals surface area contributed by atoms with Crippen LogP contribution in [-0.2, 0) is 17.4 Å². The molecule has 6 aromatic rings. The van der Waals surface area contributed by atoms with Crippen molar-refractivity contribution in [2.75, 3.05) is 0 Å². The summed E-state index contributed by atoms with van der Waals surface area (Å²) in [6.45, 7) is 2.13. The van der Waals surface area contributed by atoms with Crippen molar-refractivity contribution in [3.05, 3.63) is 150 Å². The SMILES string of the molecule is CCc1nn(C(c2ccccc2)(c2ccccc2)c2ccccc2)c2ncnc(-c3cccc(C4(C#N)CC4)c3)c12. The molecule has 0 saturated heterocycles. The molecule has 0 aliphatic heterocycles. The smallest absolute Gasteiger partial charge is 0.163 e. The molecule has 0 atom stereocenters. The lowest BCUT2D eigenvalue weighted by atomic mass is 9.77. The van der Waals surface area contributed by atoms with Gasteiger partial charge in [-0.3, -0.25) is 0 Å². The van der Waals surface area contributed by atoms with Gasteiger partial charge in [-0.25, -0.2) is 14.6 Å². The van der Waals surface area contributed by atoms with Gasteiger partial charge in [0, 0.05) is 5.56 Å². The molecule has 2 aromatic heterocycles. The van der Waals surface area contributed by atoms with Crippen molar-refractivity contribution in [1.82, 2.24) is 19.7 Å². The van der Waals surface area contributed by atoms with Gasteiger partial charge in [-0.1, -0.05) is 116 Å². The van der Waals surface area contributed by atoms with Crippen LogP contribution in [0.25, 0.3) is 22.3 Å². The highest BCUT2D eigenvalue weighted by Gasteiger charge is 2.45. The molecule has 0 bridgehead atoms. The Morgan fingerprint density at radius 2 is 1.37 bits per heavy atom. The highest BCUT2D eigenvalue weighted by molar-refractivity contribution is 5.93. The zero-order valence-corrected chi connectivity index (χ0v) is 22.9. The van der Waals surface area contributed by atoms with Crippen molar-refractivity contribution in [2.24, 2.45) is 0 Å². The summed E-state index contributed by atoms with van der Waals surface area (Å²) in [7, 11) is 0. The first kappa shape index (κ1) is 24.9. The zero-order chi connectivity index (χ0) is 27.9. The van der Waals surface area contributed by atoms with E-state index >= 15 is 0 Å². The molecule has 0 spiro atoms. The number of hydrogen-bond acceptors (Lipinski definition) is 4. The first-order chi connectivity index (χ1) is 20.2. The van der Waals surface area contributed by atoms with Gasteiger partial charge >= 0.3 is 0 Å². The largest absolute Gasteiger partial charge is 0.235 e. The molecule has 2 heterocycles. The molecule has 4 aromatic carbocycles. The molecule has 0 N–H and O–H groups in total. The third kappa shape index (κ3) is 3.87. The van der Waals surface area contributed by atoms with E-state index in [0.717, 1.165) is 69.5 Å². The van der Waals surface area contributed by atoms with Crippen LogP contribution in [0.5, 0.6) is 0 Å². The van der Waals surface area contributed by atoms with E-state index in [1.54, 1.807) is 6.33 Å². The van der Waals surface area contributed by atoms with Crippen molar-refractivity contribution in [3.8, 4) is 17.3 Å². The number of fused-ring (bicyclic) bond motifs is 1. The van der Waals surface area contributed by atoms with Crippen LogP contribution in [0, 0.1) is 11.3 Å². The Morgan fingerprint density at radius 3 is 1.88 bits per heavy atom. The van der Waals surface area contributed by atoms with E-state index in [-0.39, 0.29) is 5.41 Å². The molecule has 5 heteroatoms. The summed E-state index contributed by atoms with van der Waals surface area (Å²) in [6, 6.07) is 42.5. The van der Waals surface area contributed by atoms with Gasteiger partial charge in [-0.15, -0.1) is 0 Å². The summed E-state index contributed by atoms with van der Waals surface area (Å²) in [4.78, 5) is 9.74. The summed E-state index contributed by atoms with van der Waals surface area (Å²) in [5, 5.41) is 16.2. The quantitative estimate of drug-likeness (QED) is 0.201. The first-order valence-corrected chi connectivity index (χ1v) is 14.1. The average Bonchev–Trinajstić information content (AvgIpc) is 3.77. The van der Waals surface area contributed by atoms with Crippen molar-refractivity contribution in [3.63, 3.8) is 0 Å². The minimum atomic E-state index is -0.776. The molecule has 1 fully saturated rings. The van der Waals surface area contributed by atoms with Gasteiger partial charge < -0.3 is 0 Å². The van der Waals surface area contributed by atoms with Crippen molar-refractivity contribution >= 4 is 11.0 Å². The number of aryl methyl sites for hydroxylation is 1. The second-order valence-corrected chi connectivity index (χ2v) is 10.7. The van der Waals surface area contributed by atoms with E-state index in [1.807, 2.05) is 24.3 Å². The lowest BCUT2D eigenvalue weighted by molar-refractivity contribution is 0.468. The number of nitrogens with zero attached hydrogens (tertiary/aromatic N) is 5. The molecule has 41 heavy (non-hydrogen) atoms. The highest BCUT2D eigenvalue weighted by Crippen LogP contribution is 2.48. The van der Waals surface area contributed by atoms with E-state index in [4.69, 9.17) is 15.1 Å². The van der Waals surface area contributed by atoms with Crippen molar-refractivity contribution in [2.45, 2.75) is 37.1 Å². The van der Waals surface area contributed by atoms with Crippen molar-refractivity contribution in [1.29, 1.82) is 5.26 Å². The van der Waals surface area contributed by atoms with Crippen LogP contribution in [-0.4, -0.2) is 19.7 Å². The fourth-order valence-electron chi connectivity index (χ4n) is 6.18. The lowest BCUT2D eigenvalue weighted by Gasteiger charge is -2.36. The minimum absolute atomic E-state index is 0.372. The standard InChI is InChI=1S/C36H29N5/c1-2-31-32-33(26-13-12-20-30(23-26)35(24-37)21-22-35)38-25-39-34(32)41(40-31)36(27-14-6-3-7-15-27,28-16-8-4-9-17-28)29-18-10-5-11-19-29/h3-20,23,25H,2,21-22H2,1H3. The molecule has 7 rings (SSSR count). The van der Waals surface area contributed by atoms with Gasteiger partial charge in [0.15, 0.2) is 5.65 Å². The minimum Gasteiger partial charge on any atom is -0.235 e. The molecular formula is C36H29N5. The zero-order valence-electron chi connectivity index (χ0n) is 22.9. The maximum atomic E-state index is 9.85. The van der Waals surface area contributed by atoms with Gasteiger partial charge in [0.1, 0.15) is 11.9 Å². The summed E-state index contributed by atoms with van der Waals surface area (Å²) in [6.07, 6.45) is 4.17. The summed E-state index contributed by atoms with van der Waals surface area (Å²) in [5.41, 5.74) is 6.73. The van der Waals surface area contributed by atoms with E-state index in [9.17, 15) is 5.26 Å². The van der Waals surface area contributed by atoms with Gasteiger partial charge in [0.05, 0.1) is 28.3 Å². The predicted molar refractivity (Wildman–Crippen MR) is 161 cm³/mol. The van der Waals surface area contributed by atoms with Gasteiger partial charge in [0.25, 0.3) is 0 Å². The number of nitriles is 1. The van der Waals surface area contributed by atoms with E-state index < -0.39 is 5.54 Å². The van der Waals surface area contributed by atoms with Crippen LogP contribution in [0.2, 0.25) is 0 Å². The fourth-order valence-corrected chi connectivity index (χ4v) is 6.18. The summed E-state index contributed by atoms with van der Waals surface area (Å²) in [5.74, 6) is 0. The molecule has 5 nitrogen and oxygen atoms in total. The Bertz CT molecular complexity index is 1780. The molecule has 1 saturated carbocycles. The maximum Gasteiger partial charge on any atom is 0.163 e. The number of rotatable bonds is 7. The average molecular weight is 532 g/mol. The highest BCUT2D eigenvalue weighted by atomic mass is 15.4. The summed E-state index contributed by atoms with van der Waals surface area (Å²) < 4.78 is 2.11. The molecule has 0 amide bonds. The third-order valence-electron chi connectivity index (χ3n) is 8.42. The molecular weight excluding hydrogens is 502 g/mol. The van der Waals surface area contributed by atoms with Crippen LogP contribution in [0.4, 0.5) is 0 Å². The molecule has 198 valence electrons. The Morgan fingerprint density at radius 1 is 0.780 bits per heavy atom. The Hall–Kier alpha value is -5.08. The lowest BCUT2D eigenvalue weighted by Crippen LogP contribution is -2.38. The second kappa shape index (κ2) is 9.83. The van der Waals surface area contributed by atoms with Crippen LogP contribution in [0.1, 0.15) is 47.7 Å². The predicted octanol–water partition coefficient (Wildman–Crippen LogP) is 7.45. The number of benzene rings is 4. The normalized spacial score (nSPS) is 14.0. The van der Waals surface area contributed by atoms with Crippen LogP contribution in [0.15, 0.2) is 122 Å². The van der Waals surface area contributed by atoms with Gasteiger partial charge in [0.2, 0.25) is 0 Å². The first-order valence-electron chi connectivity index (χ1n) is 14.1. The van der Waals surface area contributed by atoms with Crippen LogP contribution < -0.4 is 0 Å². The Balaban J connectivity index is 1.57. The van der Waals surface area contributed by atoms with Crippen LogP contribution >= 0.6 is 0 Å². The van der Waals surface area contributed by atoms with E-state index in [1.165, 1.54) is 0 Å². The summed E-state index contributed by atoms with van der Waals surface area (Å²) >= 11 is 0. The van der Waals surface area contributed by atoms with Gasteiger partial charge in [-0.05, 0) is 47.6 Å². The Labute approximate surface area is 239 Å². The Kier molecular flexibility index (Phi) is 5.98. The molecule has 0 unspecified atom stereocenters.